The normalized spacial score (nSPS) is 14.1. The summed E-state index contributed by atoms with van der Waals surface area (Å²) in [4.78, 5) is 18.9. The Labute approximate surface area is 149 Å². The van der Waals surface area contributed by atoms with Crippen LogP contribution >= 0.6 is 34.5 Å². The summed E-state index contributed by atoms with van der Waals surface area (Å²) in [5.74, 6) is -0.00732. The van der Waals surface area contributed by atoms with Crippen LogP contribution in [0.5, 0.6) is 0 Å². The zero-order valence-corrected chi connectivity index (χ0v) is 15.5. The number of thiophene rings is 1. The molecule has 23 heavy (non-hydrogen) atoms. The molecule has 2 heterocycles. The average molecular weight is 370 g/mol. The summed E-state index contributed by atoms with van der Waals surface area (Å²) in [5.41, 5.74) is 3.27. The van der Waals surface area contributed by atoms with Crippen LogP contribution < -0.4 is 9.80 Å². The van der Waals surface area contributed by atoms with Crippen LogP contribution in [0.25, 0.3) is 0 Å². The van der Waals surface area contributed by atoms with Crippen molar-refractivity contribution < 1.29 is 4.79 Å². The fourth-order valence-electron chi connectivity index (χ4n) is 2.63. The molecule has 122 valence electrons. The standard InChI is InChI=1S/C16H17Cl2N3OS/c1-19(2)4-5-21-14-7-12(18)11(17)6-13(14)20(3)15-9-23-8-10(15)16(21)22/h6-9H,4-5H2,1-3H3. The Bertz CT molecular complexity index is 760. The van der Waals surface area contributed by atoms with E-state index in [0.717, 1.165) is 23.6 Å². The first-order valence-electron chi connectivity index (χ1n) is 7.15. The van der Waals surface area contributed by atoms with Crippen molar-refractivity contribution in [2.45, 2.75) is 0 Å². The highest BCUT2D eigenvalue weighted by Gasteiger charge is 2.30. The molecule has 1 amide bonds. The maximum absolute atomic E-state index is 13.0. The lowest BCUT2D eigenvalue weighted by Gasteiger charge is -2.26. The zero-order chi connectivity index (χ0) is 16.7. The van der Waals surface area contributed by atoms with Gasteiger partial charge in [0, 0.05) is 30.9 Å². The van der Waals surface area contributed by atoms with Crippen LogP contribution in [0.4, 0.5) is 17.1 Å². The molecule has 0 atom stereocenters. The molecule has 1 aromatic heterocycles. The van der Waals surface area contributed by atoms with Crippen LogP contribution in [0.1, 0.15) is 10.4 Å². The summed E-state index contributed by atoms with van der Waals surface area (Å²) in [6, 6.07) is 3.60. The highest BCUT2D eigenvalue weighted by atomic mass is 35.5. The first kappa shape index (κ1) is 16.6. The van der Waals surface area contributed by atoms with Gasteiger partial charge in [-0.2, -0.15) is 0 Å². The van der Waals surface area contributed by atoms with Crippen molar-refractivity contribution in [2.75, 3.05) is 44.0 Å². The van der Waals surface area contributed by atoms with E-state index in [9.17, 15) is 4.79 Å². The van der Waals surface area contributed by atoms with Crippen molar-refractivity contribution in [1.82, 2.24) is 4.90 Å². The van der Waals surface area contributed by atoms with E-state index in [-0.39, 0.29) is 5.91 Å². The maximum atomic E-state index is 13.0. The lowest BCUT2D eigenvalue weighted by molar-refractivity contribution is 0.0987. The molecule has 0 aliphatic carbocycles. The molecule has 0 fully saturated rings. The lowest BCUT2D eigenvalue weighted by atomic mass is 10.2. The van der Waals surface area contributed by atoms with Crippen LogP contribution in [0, 0.1) is 0 Å². The molecule has 7 heteroatoms. The van der Waals surface area contributed by atoms with Crippen LogP contribution in [-0.2, 0) is 0 Å². The van der Waals surface area contributed by atoms with Gasteiger partial charge in [0.2, 0.25) is 0 Å². The Hall–Kier alpha value is -1.27. The maximum Gasteiger partial charge on any atom is 0.261 e. The predicted octanol–water partition coefficient (Wildman–Crippen LogP) is 4.34. The third-order valence-electron chi connectivity index (χ3n) is 3.92. The first-order valence-corrected chi connectivity index (χ1v) is 8.85. The molecule has 1 aliphatic heterocycles. The number of carbonyl (C=O) groups is 1. The smallest absolute Gasteiger partial charge is 0.261 e. The molecule has 4 nitrogen and oxygen atoms in total. The van der Waals surface area contributed by atoms with E-state index in [1.54, 1.807) is 11.0 Å². The van der Waals surface area contributed by atoms with Crippen molar-refractivity contribution in [3.8, 4) is 0 Å². The average Bonchev–Trinajstić information content (AvgIpc) is 2.96. The number of fused-ring (bicyclic) bond motifs is 2. The van der Waals surface area contributed by atoms with Gasteiger partial charge in [0.25, 0.3) is 5.91 Å². The minimum absolute atomic E-state index is 0.00732. The predicted molar refractivity (Wildman–Crippen MR) is 99.1 cm³/mol. The van der Waals surface area contributed by atoms with Gasteiger partial charge >= 0.3 is 0 Å². The Morgan fingerprint density at radius 1 is 1.09 bits per heavy atom. The summed E-state index contributed by atoms with van der Waals surface area (Å²) >= 11 is 13.9. The van der Waals surface area contributed by atoms with E-state index in [1.165, 1.54) is 11.3 Å². The van der Waals surface area contributed by atoms with Gasteiger partial charge in [-0.15, -0.1) is 11.3 Å². The van der Waals surface area contributed by atoms with E-state index < -0.39 is 0 Å². The summed E-state index contributed by atoms with van der Waals surface area (Å²) in [5, 5.41) is 4.81. The highest BCUT2D eigenvalue weighted by molar-refractivity contribution is 7.08. The van der Waals surface area contributed by atoms with Crippen LogP contribution in [-0.4, -0.2) is 45.0 Å². The summed E-state index contributed by atoms with van der Waals surface area (Å²) in [7, 11) is 5.91. The van der Waals surface area contributed by atoms with E-state index >= 15 is 0 Å². The topological polar surface area (TPSA) is 26.8 Å². The van der Waals surface area contributed by atoms with Gasteiger partial charge in [0.1, 0.15) is 0 Å². The van der Waals surface area contributed by atoms with Gasteiger partial charge in [-0.1, -0.05) is 23.2 Å². The highest BCUT2D eigenvalue weighted by Crippen LogP contribution is 2.44. The molecule has 0 saturated heterocycles. The number of benzene rings is 1. The van der Waals surface area contributed by atoms with Crippen molar-refractivity contribution in [3.63, 3.8) is 0 Å². The second-order valence-corrected chi connectivity index (χ2v) is 7.30. The Morgan fingerprint density at radius 3 is 2.39 bits per heavy atom. The number of rotatable bonds is 3. The van der Waals surface area contributed by atoms with E-state index in [0.29, 0.717) is 22.2 Å². The molecule has 0 spiro atoms. The number of hydrogen-bond acceptors (Lipinski definition) is 4. The number of halogens is 2. The molecule has 0 unspecified atom stereocenters. The quantitative estimate of drug-likeness (QED) is 0.804. The Balaban J connectivity index is 2.17. The van der Waals surface area contributed by atoms with Crippen molar-refractivity contribution >= 4 is 57.5 Å². The Morgan fingerprint density at radius 2 is 1.74 bits per heavy atom. The first-order chi connectivity index (χ1) is 10.9. The second kappa shape index (κ2) is 6.32. The SMILES string of the molecule is CN(C)CCN1C(=O)c2cscc2N(C)c2cc(Cl)c(Cl)cc21. The third kappa shape index (κ3) is 2.94. The fourth-order valence-corrected chi connectivity index (χ4v) is 3.78. The van der Waals surface area contributed by atoms with E-state index in [4.69, 9.17) is 23.2 Å². The molecular formula is C16H17Cl2N3OS. The minimum Gasteiger partial charge on any atom is -0.342 e. The summed E-state index contributed by atoms with van der Waals surface area (Å²) in [6.45, 7) is 1.34. The van der Waals surface area contributed by atoms with Crippen LogP contribution in [0.3, 0.4) is 0 Å². The second-order valence-electron chi connectivity index (χ2n) is 5.74. The fraction of sp³-hybridized carbons (Fsp3) is 0.312. The number of hydrogen-bond donors (Lipinski definition) is 0. The van der Waals surface area contributed by atoms with E-state index in [1.807, 2.05) is 47.8 Å². The van der Waals surface area contributed by atoms with Gasteiger partial charge in [-0.25, -0.2) is 0 Å². The van der Waals surface area contributed by atoms with Crippen molar-refractivity contribution in [1.29, 1.82) is 0 Å². The number of carbonyl (C=O) groups excluding carboxylic acids is 1. The molecule has 0 N–H and O–H groups in total. The van der Waals surface area contributed by atoms with Gasteiger partial charge in [-0.3, -0.25) is 4.79 Å². The molecule has 0 bridgehead atoms. The lowest BCUT2D eigenvalue weighted by Crippen LogP contribution is -2.36. The number of anilines is 3. The van der Waals surface area contributed by atoms with Crippen LogP contribution in [0.15, 0.2) is 22.9 Å². The van der Waals surface area contributed by atoms with Crippen molar-refractivity contribution in [2.24, 2.45) is 0 Å². The zero-order valence-electron chi connectivity index (χ0n) is 13.1. The van der Waals surface area contributed by atoms with Gasteiger partial charge < -0.3 is 14.7 Å². The molecular weight excluding hydrogens is 353 g/mol. The molecule has 0 radical (unpaired) electrons. The van der Waals surface area contributed by atoms with Gasteiger partial charge in [0.15, 0.2) is 0 Å². The monoisotopic (exact) mass is 369 g/mol. The van der Waals surface area contributed by atoms with E-state index in [2.05, 4.69) is 0 Å². The third-order valence-corrected chi connectivity index (χ3v) is 5.37. The summed E-state index contributed by atoms with van der Waals surface area (Å²) in [6.07, 6.45) is 0. The molecule has 3 rings (SSSR count). The largest absolute Gasteiger partial charge is 0.342 e. The van der Waals surface area contributed by atoms with Crippen LogP contribution in [0.2, 0.25) is 10.0 Å². The number of likely N-dealkylation sites (N-methyl/N-ethyl adjacent to an activating group) is 1. The van der Waals surface area contributed by atoms with Crippen molar-refractivity contribution in [3.05, 3.63) is 38.5 Å². The Kier molecular flexibility index (Phi) is 4.56. The van der Waals surface area contributed by atoms with Gasteiger partial charge in [0.05, 0.1) is 32.7 Å². The summed E-state index contributed by atoms with van der Waals surface area (Å²) < 4.78 is 0. The molecule has 2 aromatic rings. The molecule has 1 aliphatic rings. The number of amides is 1. The number of nitrogens with zero attached hydrogens (tertiary/aromatic N) is 3. The molecule has 0 saturated carbocycles. The van der Waals surface area contributed by atoms with Gasteiger partial charge in [-0.05, 0) is 26.2 Å². The minimum atomic E-state index is -0.00732. The molecule has 1 aromatic carbocycles.